The quantitative estimate of drug-likeness (QED) is 0.774. The summed E-state index contributed by atoms with van der Waals surface area (Å²) in [5.41, 5.74) is 0. The van der Waals surface area contributed by atoms with Crippen molar-refractivity contribution in [2.75, 3.05) is 46.9 Å². The molecule has 0 aromatic rings. The van der Waals surface area contributed by atoms with Gasteiger partial charge in [-0.05, 0) is 45.2 Å². The van der Waals surface area contributed by atoms with Crippen molar-refractivity contribution < 1.29 is 13.5 Å². The Balaban J connectivity index is 1.92. The highest BCUT2D eigenvalue weighted by Gasteiger charge is 2.33. The van der Waals surface area contributed by atoms with Crippen molar-refractivity contribution in [3.63, 3.8) is 0 Å². The van der Waals surface area contributed by atoms with Gasteiger partial charge >= 0.3 is 0 Å². The van der Waals surface area contributed by atoms with Crippen LogP contribution in [0.4, 0.5) is 0 Å². The predicted molar refractivity (Wildman–Crippen MR) is 78.6 cm³/mol. The SMILES string of the molecule is CN1CCCC1CN(C)S(=O)(=O)N1CCC(CO)CC1. The molecule has 0 saturated carbocycles. The molecule has 1 unspecified atom stereocenters. The molecule has 2 saturated heterocycles. The van der Waals surface area contributed by atoms with Crippen LogP contribution in [0, 0.1) is 5.92 Å². The number of likely N-dealkylation sites (N-methyl/N-ethyl adjacent to an activating group) is 2. The highest BCUT2D eigenvalue weighted by molar-refractivity contribution is 7.86. The molecule has 0 aromatic carbocycles. The van der Waals surface area contributed by atoms with Crippen molar-refractivity contribution in [3.8, 4) is 0 Å². The summed E-state index contributed by atoms with van der Waals surface area (Å²) in [6, 6.07) is 0.338. The van der Waals surface area contributed by atoms with Gasteiger partial charge in [-0.3, -0.25) is 0 Å². The summed E-state index contributed by atoms with van der Waals surface area (Å²) < 4.78 is 28.2. The van der Waals surface area contributed by atoms with E-state index < -0.39 is 10.2 Å². The molecule has 1 N–H and O–H groups in total. The molecule has 2 aliphatic heterocycles. The van der Waals surface area contributed by atoms with Crippen LogP contribution in [0.5, 0.6) is 0 Å². The van der Waals surface area contributed by atoms with Crippen molar-refractivity contribution in [2.24, 2.45) is 5.92 Å². The van der Waals surface area contributed by atoms with E-state index >= 15 is 0 Å². The lowest BCUT2D eigenvalue weighted by atomic mass is 10.00. The van der Waals surface area contributed by atoms with Crippen LogP contribution in [0.15, 0.2) is 0 Å². The van der Waals surface area contributed by atoms with E-state index in [1.165, 1.54) is 4.31 Å². The van der Waals surface area contributed by atoms with Crippen molar-refractivity contribution >= 4 is 10.2 Å². The zero-order chi connectivity index (χ0) is 14.8. The summed E-state index contributed by atoms with van der Waals surface area (Å²) >= 11 is 0. The van der Waals surface area contributed by atoms with Crippen molar-refractivity contribution in [1.29, 1.82) is 0 Å². The van der Waals surface area contributed by atoms with Crippen LogP contribution in [0.1, 0.15) is 25.7 Å². The third kappa shape index (κ3) is 3.51. The van der Waals surface area contributed by atoms with Gasteiger partial charge in [0.2, 0.25) is 0 Å². The Bertz CT molecular complexity index is 407. The lowest BCUT2D eigenvalue weighted by Crippen LogP contribution is -2.49. The van der Waals surface area contributed by atoms with E-state index in [0.29, 0.717) is 25.7 Å². The summed E-state index contributed by atoms with van der Waals surface area (Å²) in [7, 11) is 0.394. The van der Waals surface area contributed by atoms with E-state index in [-0.39, 0.29) is 12.5 Å². The summed E-state index contributed by atoms with van der Waals surface area (Å²) in [5, 5.41) is 9.12. The smallest absolute Gasteiger partial charge is 0.281 e. The molecule has 2 fully saturated rings. The van der Waals surface area contributed by atoms with Gasteiger partial charge in [-0.15, -0.1) is 0 Å². The van der Waals surface area contributed by atoms with Gasteiger partial charge in [0.1, 0.15) is 0 Å². The van der Waals surface area contributed by atoms with Crippen molar-refractivity contribution in [1.82, 2.24) is 13.5 Å². The van der Waals surface area contributed by atoms with Gasteiger partial charge in [0, 0.05) is 39.3 Å². The summed E-state index contributed by atoms with van der Waals surface area (Å²) in [4.78, 5) is 2.24. The van der Waals surface area contributed by atoms with Crippen LogP contribution < -0.4 is 0 Å². The molecule has 2 heterocycles. The van der Waals surface area contributed by atoms with E-state index in [2.05, 4.69) is 11.9 Å². The maximum Gasteiger partial charge on any atom is 0.281 e. The van der Waals surface area contributed by atoms with Gasteiger partial charge in [-0.2, -0.15) is 17.0 Å². The normalized spacial score (nSPS) is 27.5. The topological polar surface area (TPSA) is 64.1 Å². The zero-order valence-electron chi connectivity index (χ0n) is 12.5. The van der Waals surface area contributed by atoms with Gasteiger partial charge in [0.25, 0.3) is 10.2 Å². The van der Waals surface area contributed by atoms with Crippen molar-refractivity contribution in [2.45, 2.75) is 31.7 Å². The number of aliphatic hydroxyl groups excluding tert-OH is 1. The van der Waals surface area contributed by atoms with Gasteiger partial charge in [-0.25, -0.2) is 0 Å². The molecule has 2 aliphatic rings. The number of piperidine rings is 1. The highest BCUT2D eigenvalue weighted by Crippen LogP contribution is 2.22. The Kier molecular flexibility index (Phi) is 5.42. The van der Waals surface area contributed by atoms with Crippen LogP contribution in [-0.2, 0) is 10.2 Å². The van der Waals surface area contributed by atoms with Crippen LogP contribution in [0.3, 0.4) is 0 Å². The van der Waals surface area contributed by atoms with E-state index in [9.17, 15) is 8.42 Å². The molecule has 20 heavy (non-hydrogen) atoms. The largest absolute Gasteiger partial charge is 0.396 e. The first kappa shape index (κ1) is 16.2. The van der Waals surface area contributed by atoms with Crippen LogP contribution >= 0.6 is 0 Å². The highest BCUT2D eigenvalue weighted by atomic mass is 32.2. The molecule has 0 amide bonds. The third-order valence-electron chi connectivity index (χ3n) is 4.69. The fraction of sp³-hybridized carbons (Fsp3) is 1.00. The average molecular weight is 305 g/mol. The summed E-state index contributed by atoms with van der Waals surface area (Å²) in [6.07, 6.45) is 3.74. The maximum atomic E-state index is 12.5. The second-order valence-electron chi connectivity index (χ2n) is 6.09. The lowest BCUT2D eigenvalue weighted by Gasteiger charge is -2.34. The fourth-order valence-electron chi connectivity index (χ4n) is 3.12. The molecule has 6 nitrogen and oxygen atoms in total. The number of aliphatic hydroxyl groups is 1. The number of likely N-dealkylation sites (tertiary alicyclic amines) is 1. The minimum atomic E-state index is -3.35. The molecule has 118 valence electrons. The first-order valence-corrected chi connectivity index (χ1v) is 8.87. The van der Waals surface area contributed by atoms with Gasteiger partial charge in [0.05, 0.1) is 0 Å². The first-order chi connectivity index (χ1) is 9.45. The van der Waals surface area contributed by atoms with Crippen LogP contribution in [0.2, 0.25) is 0 Å². The summed E-state index contributed by atoms with van der Waals surface area (Å²) in [5.74, 6) is 0.257. The van der Waals surface area contributed by atoms with Gasteiger partial charge in [0.15, 0.2) is 0 Å². The minimum absolute atomic E-state index is 0.163. The standard InChI is InChI=1S/C13H27N3O3S/c1-14-7-3-4-13(14)10-15(2)20(18,19)16-8-5-12(11-17)6-9-16/h12-13,17H,3-11H2,1-2H3. The maximum absolute atomic E-state index is 12.5. The molecule has 0 bridgehead atoms. The molecule has 0 radical (unpaired) electrons. The average Bonchev–Trinajstić information content (AvgIpc) is 2.84. The molecular formula is C13H27N3O3S. The van der Waals surface area contributed by atoms with E-state index in [1.54, 1.807) is 11.4 Å². The number of nitrogens with zero attached hydrogens (tertiary/aromatic N) is 3. The monoisotopic (exact) mass is 305 g/mol. The van der Waals surface area contributed by atoms with Crippen LogP contribution in [-0.4, -0.2) is 80.0 Å². The Hall–Kier alpha value is -0.210. The van der Waals surface area contributed by atoms with Gasteiger partial charge in [-0.1, -0.05) is 0 Å². The molecule has 0 aliphatic carbocycles. The van der Waals surface area contributed by atoms with Crippen molar-refractivity contribution in [3.05, 3.63) is 0 Å². The van der Waals surface area contributed by atoms with E-state index in [4.69, 9.17) is 5.11 Å². The van der Waals surface area contributed by atoms with Crippen LogP contribution in [0.25, 0.3) is 0 Å². The Morgan fingerprint density at radius 3 is 2.35 bits per heavy atom. The summed E-state index contributed by atoms with van der Waals surface area (Å²) in [6.45, 7) is 2.84. The molecule has 0 spiro atoms. The fourth-order valence-corrected chi connectivity index (χ4v) is 4.55. The molecule has 0 aromatic heterocycles. The minimum Gasteiger partial charge on any atom is -0.396 e. The molecule has 7 heteroatoms. The second-order valence-corrected chi connectivity index (χ2v) is 8.13. The number of hydrogen-bond donors (Lipinski definition) is 1. The second kappa shape index (κ2) is 6.70. The third-order valence-corrected chi connectivity index (χ3v) is 6.65. The molecular weight excluding hydrogens is 278 g/mol. The number of hydrogen-bond acceptors (Lipinski definition) is 4. The Morgan fingerprint density at radius 1 is 1.20 bits per heavy atom. The lowest BCUT2D eigenvalue weighted by molar-refractivity contribution is 0.165. The van der Waals surface area contributed by atoms with E-state index in [1.807, 2.05) is 0 Å². The number of rotatable bonds is 5. The predicted octanol–water partition coefficient (Wildman–Crippen LogP) is -0.0385. The molecule has 1 atom stereocenters. The Labute approximate surface area is 122 Å². The van der Waals surface area contributed by atoms with E-state index in [0.717, 1.165) is 32.2 Å². The zero-order valence-corrected chi connectivity index (χ0v) is 13.3. The Morgan fingerprint density at radius 2 is 1.85 bits per heavy atom. The van der Waals surface area contributed by atoms with Gasteiger partial charge < -0.3 is 10.0 Å². The molecule has 2 rings (SSSR count). The first-order valence-electron chi connectivity index (χ1n) is 7.47.